The molecule has 1 heterocycles. The van der Waals surface area contributed by atoms with Crippen LogP contribution in [0.3, 0.4) is 0 Å². The average molecular weight is 399 g/mol. The zero-order valence-electron chi connectivity index (χ0n) is 16.9. The monoisotopic (exact) mass is 398 g/mol. The number of benzene rings is 1. The number of nitrogens with two attached hydrogens (primary N) is 1. The van der Waals surface area contributed by atoms with Crippen LogP contribution in [0, 0.1) is 11.8 Å². The molecule has 1 saturated heterocycles. The highest BCUT2D eigenvalue weighted by Crippen LogP contribution is 2.30. The second-order valence-electron chi connectivity index (χ2n) is 7.99. The van der Waals surface area contributed by atoms with Crippen molar-refractivity contribution in [2.75, 3.05) is 13.2 Å². The summed E-state index contributed by atoms with van der Waals surface area (Å²) in [4.78, 5) is 12.7. The molecule has 0 bridgehead atoms. The Hall–Kier alpha value is -1.30. The molecule has 1 aromatic rings. The van der Waals surface area contributed by atoms with Crippen LogP contribution in [0.5, 0.6) is 5.75 Å². The van der Waals surface area contributed by atoms with Crippen molar-refractivity contribution < 1.29 is 14.3 Å². The van der Waals surface area contributed by atoms with Crippen molar-refractivity contribution in [2.24, 2.45) is 17.6 Å². The molecule has 5 nitrogen and oxygen atoms in total. The zero-order valence-corrected chi connectivity index (χ0v) is 17.8. The fourth-order valence-electron chi connectivity index (χ4n) is 3.23. The first-order chi connectivity index (χ1) is 12.4. The fraction of sp³-hybridized carbons (Fsp3) is 0.667. The molecule has 0 aliphatic carbocycles. The third-order valence-electron chi connectivity index (χ3n) is 4.55. The molecule has 1 unspecified atom stereocenters. The number of para-hydroxylation sites is 1. The number of hydrogen-bond donors (Lipinski definition) is 2. The van der Waals surface area contributed by atoms with E-state index in [4.69, 9.17) is 15.2 Å². The van der Waals surface area contributed by atoms with E-state index in [2.05, 4.69) is 33.0 Å². The molecule has 1 aliphatic rings. The van der Waals surface area contributed by atoms with Gasteiger partial charge < -0.3 is 20.5 Å². The van der Waals surface area contributed by atoms with Gasteiger partial charge in [-0.1, -0.05) is 45.9 Å². The summed E-state index contributed by atoms with van der Waals surface area (Å²) in [5.41, 5.74) is 6.69. The van der Waals surface area contributed by atoms with Crippen molar-refractivity contribution in [1.29, 1.82) is 0 Å². The van der Waals surface area contributed by atoms with Gasteiger partial charge in [-0.2, -0.15) is 0 Å². The Morgan fingerprint density at radius 1 is 1.22 bits per heavy atom. The van der Waals surface area contributed by atoms with Gasteiger partial charge in [0.15, 0.2) is 0 Å². The summed E-state index contributed by atoms with van der Waals surface area (Å²) < 4.78 is 11.8. The number of amides is 1. The third kappa shape index (κ3) is 7.32. The van der Waals surface area contributed by atoms with E-state index in [1.165, 1.54) is 0 Å². The van der Waals surface area contributed by atoms with Gasteiger partial charge in [-0.25, -0.2) is 0 Å². The van der Waals surface area contributed by atoms with Gasteiger partial charge in [-0.05, 0) is 37.2 Å². The quantitative estimate of drug-likeness (QED) is 0.662. The van der Waals surface area contributed by atoms with Crippen LogP contribution >= 0.6 is 12.4 Å². The number of nitrogens with one attached hydrogen (secondary N) is 1. The van der Waals surface area contributed by atoms with Crippen LogP contribution in [0.25, 0.3) is 0 Å². The summed E-state index contributed by atoms with van der Waals surface area (Å²) in [5.74, 6) is 1.69. The number of halogens is 1. The molecule has 6 heteroatoms. The molecule has 1 aromatic carbocycles. The van der Waals surface area contributed by atoms with E-state index in [0.29, 0.717) is 25.0 Å². The first-order valence-electron chi connectivity index (χ1n) is 9.78. The van der Waals surface area contributed by atoms with Gasteiger partial charge in [0.05, 0.1) is 18.8 Å². The third-order valence-corrected chi connectivity index (χ3v) is 4.55. The molecular weight excluding hydrogens is 364 g/mol. The van der Waals surface area contributed by atoms with E-state index in [1.54, 1.807) is 0 Å². The number of carbonyl (C=O) groups excluding carboxylic acids is 1. The van der Waals surface area contributed by atoms with Crippen LogP contribution in [0.2, 0.25) is 0 Å². The lowest BCUT2D eigenvalue weighted by Gasteiger charge is -2.25. The maximum absolute atomic E-state index is 12.7. The first-order valence-corrected chi connectivity index (χ1v) is 9.78. The topological polar surface area (TPSA) is 73.6 Å². The van der Waals surface area contributed by atoms with Crippen LogP contribution < -0.4 is 15.8 Å². The predicted molar refractivity (Wildman–Crippen MR) is 111 cm³/mol. The lowest BCUT2D eigenvalue weighted by atomic mass is 9.95. The highest BCUT2D eigenvalue weighted by molar-refractivity contribution is 5.85. The van der Waals surface area contributed by atoms with E-state index in [1.807, 2.05) is 24.3 Å². The molecule has 154 valence electrons. The Kier molecular flexibility index (Phi) is 10.1. The van der Waals surface area contributed by atoms with Crippen molar-refractivity contribution in [1.82, 2.24) is 5.32 Å². The van der Waals surface area contributed by atoms with Crippen LogP contribution in [-0.4, -0.2) is 31.3 Å². The largest absolute Gasteiger partial charge is 0.493 e. The van der Waals surface area contributed by atoms with Gasteiger partial charge in [0.25, 0.3) is 0 Å². The van der Waals surface area contributed by atoms with E-state index in [0.717, 1.165) is 30.6 Å². The molecular formula is C21H35ClN2O3. The predicted octanol–water partition coefficient (Wildman–Crippen LogP) is 3.85. The fourth-order valence-corrected chi connectivity index (χ4v) is 3.23. The smallest absolute Gasteiger partial charge is 0.249 e. The SMILES string of the molecule is CC(C)COc1ccccc1C(CC(C)C)NC(=O)[C@@H]1CC[C@H](CN)O1.Cl. The summed E-state index contributed by atoms with van der Waals surface area (Å²) in [5, 5.41) is 3.19. The molecule has 1 fully saturated rings. The second kappa shape index (κ2) is 11.5. The van der Waals surface area contributed by atoms with E-state index < -0.39 is 6.10 Å². The minimum atomic E-state index is -0.401. The maximum atomic E-state index is 12.7. The van der Waals surface area contributed by atoms with Gasteiger partial charge in [0.2, 0.25) is 5.91 Å². The van der Waals surface area contributed by atoms with Gasteiger partial charge in [0.1, 0.15) is 11.9 Å². The second-order valence-corrected chi connectivity index (χ2v) is 7.99. The standard InChI is InChI=1S/C21H34N2O3.ClH/c1-14(2)11-18(23-21(24)20-10-9-16(12-22)26-20)17-7-5-6-8-19(17)25-13-15(3)4;/h5-8,14-16,18,20H,9-13,22H2,1-4H3,(H,23,24);1H/t16-,18?,20+;/m1./s1. The lowest BCUT2D eigenvalue weighted by Crippen LogP contribution is -2.38. The van der Waals surface area contributed by atoms with E-state index in [9.17, 15) is 4.79 Å². The molecule has 0 aromatic heterocycles. The molecule has 1 amide bonds. The Bertz CT molecular complexity index is 580. The van der Waals surface area contributed by atoms with Crippen LogP contribution in [0.1, 0.15) is 58.6 Å². The molecule has 3 atom stereocenters. The zero-order chi connectivity index (χ0) is 19.1. The highest BCUT2D eigenvalue weighted by atomic mass is 35.5. The average Bonchev–Trinajstić information content (AvgIpc) is 3.08. The Labute approximate surface area is 169 Å². The summed E-state index contributed by atoms with van der Waals surface area (Å²) in [6.07, 6.45) is 2.02. The van der Waals surface area contributed by atoms with Crippen molar-refractivity contribution in [3.8, 4) is 5.75 Å². The van der Waals surface area contributed by atoms with E-state index >= 15 is 0 Å². The minimum absolute atomic E-state index is 0. The number of rotatable bonds is 9. The minimum Gasteiger partial charge on any atom is -0.493 e. The molecule has 2 rings (SSSR count). The van der Waals surface area contributed by atoms with Gasteiger partial charge in [0, 0.05) is 12.1 Å². The normalized spacial score (nSPS) is 20.4. The Balaban J connectivity index is 0.00000364. The van der Waals surface area contributed by atoms with Crippen molar-refractivity contribution in [3.05, 3.63) is 29.8 Å². The Morgan fingerprint density at radius 2 is 1.93 bits per heavy atom. The molecule has 1 aliphatic heterocycles. The Morgan fingerprint density at radius 3 is 2.52 bits per heavy atom. The summed E-state index contributed by atoms with van der Waals surface area (Å²) in [7, 11) is 0. The van der Waals surface area contributed by atoms with Gasteiger partial charge in [-0.3, -0.25) is 4.79 Å². The van der Waals surface area contributed by atoms with Crippen molar-refractivity contribution >= 4 is 18.3 Å². The maximum Gasteiger partial charge on any atom is 0.249 e. The first kappa shape index (κ1) is 23.7. The van der Waals surface area contributed by atoms with Gasteiger partial charge in [-0.15, -0.1) is 12.4 Å². The van der Waals surface area contributed by atoms with Crippen LogP contribution in [0.15, 0.2) is 24.3 Å². The summed E-state index contributed by atoms with van der Waals surface area (Å²) in [6, 6.07) is 7.90. The molecule has 0 saturated carbocycles. The lowest BCUT2D eigenvalue weighted by molar-refractivity contribution is -0.132. The molecule has 27 heavy (non-hydrogen) atoms. The molecule has 0 spiro atoms. The van der Waals surface area contributed by atoms with E-state index in [-0.39, 0.29) is 30.5 Å². The number of hydrogen-bond acceptors (Lipinski definition) is 4. The summed E-state index contributed by atoms with van der Waals surface area (Å²) in [6.45, 7) is 9.69. The molecule has 3 N–H and O–H groups in total. The highest BCUT2D eigenvalue weighted by Gasteiger charge is 2.31. The number of carbonyl (C=O) groups is 1. The molecule has 0 radical (unpaired) electrons. The van der Waals surface area contributed by atoms with Crippen molar-refractivity contribution in [2.45, 2.75) is 65.2 Å². The van der Waals surface area contributed by atoms with Gasteiger partial charge >= 0.3 is 0 Å². The van der Waals surface area contributed by atoms with Crippen LogP contribution in [0.4, 0.5) is 0 Å². The van der Waals surface area contributed by atoms with Crippen LogP contribution in [-0.2, 0) is 9.53 Å². The summed E-state index contributed by atoms with van der Waals surface area (Å²) >= 11 is 0. The number of ether oxygens (including phenoxy) is 2. The van der Waals surface area contributed by atoms with Crippen molar-refractivity contribution in [3.63, 3.8) is 0 Å².